The Labute approximate surface area is 295 Å². The number of methoxy groups -OCH3 is 1. The third kappa shape index (κ3) is 7.26. The van der Waals surface area contributed by atoms with Crippen molar-refractivity contribution >= 4 is 34.1 Å². The predicted octanol–water partition coefficient (Wildman–Crippen LogP) is 4.99. The number of carbonyl (C=O) groups is 2. The zero-order valence-corrected chi connectivity index (χ0v) is 28.9. The van der Waals surface area contributed by atoms with Crippen molar-refractivity contribution in [3.05, 3.63) is 84.9 Å². The van der Waals surface area contributed by atoms with E-state index < -0.39 is 5.60 Å². The minimum atomic E-state index is -1.10. The number of nitrogens with one attached hydrogen (secondary N) is 2. The molecule has 2 saturated heterocycles. The maximum atomic E-state index is 14.9. The van der Waals surface area contributed by atoms with Gasteiger partial charge in [-0.05, 0) is 87.0 Å². The molecule has 1 atom stereocenters. The molecular weight excluding hydrogens is 651 g/mol. The first kappa shape index (κ1) is 34.1. The van der Waals surface area contributed by atoms with Crippen LogP contribution in [0.5, 0.6) is 5.75 Å². The van der Waals surface area contributed by atoms with E-state index in [4.69, 9.17) is 9.47 Å². The van der Waals surface area contributed by atoms with Gasteiger partial charge in [0.25, 0.3) is 5.91 Å². The molecular formula is C38H41FN8O4. The molecule has 0 saturated carbocycles. The summed E-state index contributed by atoms with van der Waals surface area (Å²) in [5, 5.41) is 11.5. The molecule has 2 aliphatic rings. The number of H-pyrrole nitrogens is 1. The molecule has 7 rings (SSSR count). The number of amides is 2. The number of ether oxygens (including phenoxy) is 2. The van der Waals surface area contributed by atoms with Crippen molar-refractivity contribution in [2.24, 2.45) is 0 Å². The molecule has 2 aromatic heterocycles. The highest BCUT2D eigenvalue weighted by molar-refractivity contribution is 6.01. The Kier molecular flexibility index (Phi) is 9.65. The molecule has 2 aliphatic heterocycles. The van der Waals surface area contributed by atoms with Crippen molar-refractivity contribution in [3.63, 3.8) is 0 Å². The molecule has 4 heterocycles. The maximum absolute atomic E-state index is 14.9. The number of anilines is 2. The van der Waals surface area contributed by atoms with Crippen molar-refractivity contribution in [2.45, 2.75) is 32.0 Å². The highest BCUT2D eigenvalue weighted by Crippen LogP contribution is 2.32. The number of carbonyl (C=O) groups excluding carboxylic acids is 2. The van der Waals surface area contributed by atoms with Crippen LogP contribution < -0.4 is 15.0 Å². The van der Waals surface area contributed by atoms with Crippen molar-refractivity contribution in [1.82, 2.24) is 30.0 Å². The second-order valence-electron chi connectivity index (χ2n) is 13.2. The van der Waals surface area contributed by atoms with Crippen molar-refractivity contribution in [2.75, 3.05) is 63.1 Å². The van der Waals surface area contributed by atoms with Crippen LogP contribution >= 0.6 is 0 Å². The Morgan fingerprint density at radius 2 is 1.75 bits per heavy atom. The minimum Gasteiger partial charge on any atom is -0.491 e. The Morgan fingerprint density at radius 3 is 2.45 bits per heavy atom. The van der Waals surface area contributed by atoms with Gasteiger partial charge in [0.1, 0.15) is 11.6 Å². The number of hydrogen-bond acceptors (Lipinski definition) is 9. The number of aromatic nitrogens is 4. The number of fused-ring (bicyclic) bond motifs is 1. The van der Waals surface area contributed by atoms with Gasteiger partial charge in [-0.15, -0.1) is 0 Å². The Bertz CT molecular complexity index is 2010. The first-order chi connectivity index (χ1) is 24.7. The van der Waals surface area contributed by atoms with Gasteiger partial charge in [0.15, 0.2) is 11.4 Å². The zero-order chi connectivity index (χ0) is 35.5. The van der Waals surface area contributed by atoms with Gasteiger partial charge >= 0.3 is 0 Å². The van der Waals surface area contributed by atoms with Crippen LogP contribution in [0.25, 0.3) is 33.5 Å². The van der Waals surface area contributed by atoms with Crippen molar-refractivity contribution in [3.8, 4) is 28.4 Å². The average molecular weight is 693 g/mol. The topological polar surface area (TPSA) is 129 Å². The van der Waals surface area contributed by atoms with Gasteiger partial charge in [-0.25, -0.2) is 14.4 Å². The fourth-order valence-corrected chi connectivity index (χ4v) is 6.78. The number of rotatable bonds is 10. The number of benzene rings is 3. The van der Waals surface area contributed by atoms with E-state index in [-0.39, 0.29) is 30.3 Å². The van der Waals surface area contributed by atoms with Crippen LogP contribution in [0.4, 0.5) is 15.8 Å². The van der Waals surface area contributed by atoms with Gasteiger partial charge in [-0.3, -0.25) is 19.6 Å². The van der Waals surface area contributed by atoms with Crippen molar-refractivity contribution < 1.29 is 23.5 Å². The van der Waals surface area contributed by atoms with Crippen LogP contribution in [0.2, 0.25) is 0 Å². The second kappa shape index (κ2) is 14.4. The summed E-state index contributed by atoms with van der Waals surface area (Å²) < 4.78 is 26.6. The number of hydrogen-bond donors (Lipinski definition) is 2. The van der Waals surface area contributed by atoms with Crippen LogP contribution in [0.3, 0.4) is 0 Å². The summed E-state index contributed by atoms with van der Waals surface area (Å²) >= 11 is 0. The third-order valence-corrected chi connectivity index (χ3v) is 9.55. The molecule has 0 unspecified atom stereocenters. The standard InChI is InChI=1S/C38H41FN8O4/c1-25(2)51-29-9-5-26(6-10-29)35-31-21-27(7-12-33(31)43-44-35)42-37(49)38(50-3)13-16-45(24-38)23-34(48)47-19-17-46(18-20-47)28-8-11-30(32(39)22-28)36-40-14-4-15-41-36/h4-12,14-15,21-22,25H,13,16-20,23-24H2,1-3H3,(H,42,49)(H,43,44)/t38-/m0/s1. The molecule has 3 aromatic carbocycles. The smallest absolute Gasteiger partial charge is 0.258 e. The van der Waals surface area contributed by atoms with Gasteiger partial charge in [0, 0.05) is 81.1 Å². The number of halogens is 1. The van der Waals surface area contributed by atoms with Gasteiger partial charge in [-0.1, -0.05) is 0 Å². The molecule has 0 bridgehead atoms. The summed E-state index contributed by atoms with van der Waals surface area (Å²) in [6, 6.07) is 20.2. The SMILES string of the molecule is CO[C@@]1(C(=O)Nc2ccc3[nH]nc(-c4ccc(OC(C)C)cc4)c3c2)CCN(CC(=O)N2CCN(c3ccc(-c4ncccn4)c(F)c3)CC2)C1. The fourth-order valence-electron chi connectivity index (χ4n) is 6.78. The minimum absolute atomic E-state index is 0.00791. The molecule has 264 valence electrons. The summed E-state index contributed by atoms with van der Waals surface area (Å²) in [5.74, 6) is 0.477. The number of aromatic amines is 1. The quantitative estimate of drug-likeness (QED) is 0.208. The van der Waals surface area contributed by atoms with Crippen LogP contribution in [-0.4, -0.2) is 106 Å². The van der Waals surface area contributed by atoms with E-state index in [0.717, 1.165) is 33.6 Å². The first-order valence-corrected chi connectivity index (χ1v) is 17.2. The molecule has 0 aliphatic carbocycles. The highest BCUT2D eigenvalue weighted by Gasteiger charge is 2.45. The largest absolute Gasteiger partial charge is 0.491 e. The van der Waals surface area contributed by atoms with E-state index in [1.54, 1.807) is 24.5 Å². The first-order valence-electron chi connectivity index (χ1n) is 17.2. The van der Waals surface area contributed by atoms with Crippen LogP contribution in [0, 0.1) is 5.82 Å². The summed E-state index contributed by atoms with van der Waals surface area (Å²) in [5.41, 5.74) is 3.18. The molecule has 12 nitrogen and oxygen atoms in total. The van der Waals surface area contributed by atoms with E-state index in [0.29, 0.717) is 62.8 Å². The highest BCUT2D eigenvalue weighted by atomic mass is 19.1. The molecule has 2 fully saturated rings. The lowest BCUT2D eigenvalue weighted by Crippen LogP contribution is -2.52. The molecule has 51 heavy (non-hydrogen) atoms. The maximum Gasteiger partial charge on any atom is 0.258 e. The average Bonchev–Trinajstić information content (AvgIpc) is 3.77. The van der Waals surface area contributed by atoms with Crippen LogP contribution in [0.15, 0.2) is 79.1 Å². The van der Waals surface area contributed by atoms with Gasteiger partial charge < -0.3 is 24.6 Å². The second-order valence-corrected chi connectivity index (χ2v) is 13.2. The van der Waals surface area contributed by atoms with E-state index >= 15 is 0 Å². The number of piperazine rings is 1. The summed E-state index contributed by atoms with van der Waals surface area (Å²) in [6.45, 7) is 7.19. The molecule has 0 radical (unpaired) electrons. The monoisotopic (exact) mass is 692 g/mol. The van der Waals surface area contributed by atoms with Crippen LogP contribution in [-0.2, 0) is 14.3 Å². The Hall–Kier alpha value is -5.40. The third-order valence-electron chi connectivity index (χ3n) is 9.55. The number of nitrogens with zero attached hydrogens (tertiary/aromatic N) is 6. The van der Waals surface area contributed by atoms with E-state index in [9.17, 15) is 14.0 Å². The number of likely N-dealkylation sites (tertiary alicyclic amines) is 1. The van der Waals surface area contributed by atoms with E-state index in [1.807, 2.05) is 72.2 Å². The summed E-state index contributed by atoms with van der Waals surface area (Å²) in [6.07, 6.45) is 3.71. The van der Waals surface area contributed by atoms with E-state index in [2.05, 4.69) is 30.4 Å². The molecule has 5 aromatic rings. The lowest BCUT2D eigenvalue weighted by molar-refractivity contribution is -0.138. The van der Waals surface area contributed by atoms with Crippen molar-refractivity contribution in [1.29, 1.82) is 0 Å². The Morgan fingerprint density at radius 1 is 0.980 bits per heavy atom. The lowest BCUT2D eigenvalue weighted by Gasteiger charge is -2.37. The summed E-state index contributed by atoms with van der Waals surface area (Å²) in [4.78, 5) is 41.2. The van der Waals surface area contributed by atoms with Crippen LogP contribution in [0.1, 0.15) is 20.3 Å². The molecule has 2 N–H and O–H groups in total. The predicted molar refractivity (Wildman–Crippen MR) is 193 cm³/mol. The normalized spacial score (nSPS) is 18.1. The van der Waals surface area contributed by atoms with Gasteiger partial charge in [0.2, 0.25) is 5.91 Å². The van der Waals surface area contributed by atoms with E-state index in [1.165, 1.54) is 13.2 Å². The molecule has 2 amide bonds. The van der Waals surface area contributed by atoms with Gasteiger partial charge in [-0.2, -0.15) is 5.10 Å². The molecule has 0 spiro atoms. The summed E-state index contributed by atoms with van der Waals surface area (Å²) in [7, 11) is 1.54. The molecule has 13 heteroatoms. The zero-order valence-electron chi connectivity index (χ0n) is 28.9. The lowest BCUT2D eigenvalue weighted by atomic mass is 10.0. The fraction of sp³-hybridized carbons (Fsp3) is 0.342. The Balaban J connectivity index is 0.942. The van der Waals surface area contributed by atoms with Gasteiger partial charge in [0.05, 0.1) is 29.4 Å².